The van der Waals surface area contributed by atoms with Gasteiger partial charge in [0, 0.05) is 6.20 Å². The van der Waals surface area contributed by atoms with Gasteiger partial charge in [-0.25, -0.2) is 9.36 Å². The molecule has 0 fully saturated rings. The SMILES string of the molecule is O=C(Cc1ccc(-n2c(=O)[nH]c3ccccc3c2=O)cc1)NCc1ccccn1. The van der Waals surface area contributed by atoms with Crippen LogP contribution in [0.3, 0.4) is 0 Å². The molecular weight excluding hydrogens is 368 g/mol. The van der Waals surface area contributed by atoms with Crippen LogP contribution in [0.4, 0.5) is 0 Å². The maximum atomic E-state index is 12.7. The first-order valence-corrected chi connectivity index (χ1v) is 9.12. The average molecular weight is 386 g/mol. The quantitative estimate of drug-likeness (QED) is 0.548. The van der Waals surface area contributed by atoms with E-state index in [-0.39, 0.29) is 17.9 Å². The molecule has 0 atom stereocenters. The maximum Gasteiger partial charge on any atom is 0.333 e. The summed E-state index contributed by atoms with van der Waals surface area (Å²) in [6.07, 6.45) is 1.87. The van der Waals surface area contributed by atoms with Crippen molar-refractivity contribution in [2.45, 2.75) is 13.0 Å². The molecule has 0 aliphatic carbocycles. The standard InChI is InChI=1S/C22H18N4O3/c27-20(24-14-16-5-3-4-12-23-16)13-15-8-10-17(11-9-15)26-21(28)18-6-1-2-7-19(18)25-22(26)29/h1-12H,13-14H2,(H,24,27)(H,25,29). The molecule has 7 nitrogen and oxygen atoms in total. The van der Waals surface area contributed by atoms with E-state index in [0.717, 1.165) is 15.8 Å². The van der Waals surface area contributed by atoms with E-state index in [1.165, 1.54) is 0 Å². The molecule has 0 radical (unpaired) electrons. The summed E-state index contributed by atoms with van der Waals surface area (Å²) in [6, 6.07) is 19.2. The van der Waals surface area contributed by atoms with Crippen LogP contribution in [0.15, 0.2) is 82.5 Å². The summed E-state index contributed by atoms with van der Waals surface area (Å²) in [4.78, 5) is 44.1. The molecule has 0 bridgehead atoms. The summed E-state index contributed by atoms with van der Waals surface area (Å²) in [5, 5.41) is 3.26. The molecule has 0 saturated carbocycles. The summed E-state index contributed by atoms with van der Waals surface area (Å²) < 4.78 is 1.09. The number of aromatic nitrogens is 3. The number of H-pyrrole nitrogens is 1. The van der Waals surface area contributed by atoms with Gasteiger partial charge in [0.15, 0.2) is 0 Å². The highest BCUT2D eigenvalue weighted by Gasteiger charge is 2.10. The van der Waals surface area contributed by atoms with Gasteiger partial charge in [-0.05, 0) is 42.0 Å². The molecule has 2 aromatic heterocycles. The number of aromatic amines is 1. The molecule has 2 aromatic carbocycles. The van der Waals surface area contributed by atoms with Crippen molar-refractivity contribution in [1.29, 1.82) is 0 Å². The Labute approximate surface area is 165 Å². The van der Waals surface area contributed by atoms with E-state index in [0.29, 0.717) is 23.1 Å². The summed E-state index contributed by atoms with van der Waals surface area (Å²) >= 11 is 0. The Morgan fingerprint density at radius 3 is 2.48 bits per heavy atom. The molecule has 0 aliphatic rings. The van der Waals surface area contributed by atoms with Crippen molar-refractivity contribution < 1.29 is 4.79 Å². The number of hydrogen-bond acceptors (Lipinski definition) is 4. The van der Waals surface area contributed by atoms with Gasteiger partial charge in [0.2, 0.25) is 5.91 Å². The third-order valence-corrected chi connectivity index (χ3v) is 4.56. The van der Waals surface area contributed by atoms with Crippen LogP contribution < -0.4 is 16.6 Å². The number of rotatable bonds is 5. The highest BCUT2D eigenvalue weighted by atomic mass is 16.2. The van der Waals surface area contributed by atoms with Crippen LogP contribution in [0.1, 0.15) is 11.3 Å². The van der Waals surface area contributed by atoms with Crippen molar-refractivity contribution in [3.63, 3.8) is 0 Å². The molecule has 2 heterocycles. The minimum Gasteiger partial charge on any atom is -0.350 e. The number of nitrogens with one attached hydrogen (secondary N) is 2. The van der Waals surface area contributed by atoms with E-state index in [4.69, 9.17) is 0 Å². The van der Waals surface area contributed by atoms with Crippen LogP contribution in [-0.4, -0.2) is 20.4 Å². The first-order chi connectivity index (χ1) is 14.1. The van der Waals surface area contributed by atoms with Gasteiger partial charge in [-0.2, -0.15) is 0 Å². The van der Waals surface area contributed by atoms with E-state index in [2.05, 4.69) is 15.3 Å². The van der Waals surface area contributed by atoms with Gasteiger partial charge in [0.25, 0.3) is 5.56 Å². The number of para-hydroxylation sites is 1. The van der Waals surface area contributed by atoms with E-state index >= 15 is 0 Å². The first-order valence-electron chi connectivity index (χ1n) is 9.12. The minimum atomic E-state index is -0.505. The van der Waals surface area contributed by atoms with Gasteiger partial charge in [-0.15, -0.1) is 0 Å². The van der Waals surface area contributed by atoms with Gasteiger partial charge in [0.05, 0.1) is 35.2 Å². The molecule has 1 amide bonds. The molecule has 4 rings (SSSR count). The molecule has 7 heteroatoms. The molecule has 29 heavy (non-hydrogen) atoms. The van der Waals surface area contributed by atoms with Gasteiger partial charge >= 0.3 is 5.69 Å². The zero-order valence-corrected chi connectivity index (χ0v) is 15.5. The lowest BCUT2D eigenvalue weighted by Crippen LogP contribution is -2.33. The molecular formula is C22H18N4O3. The second-order valence-corrected chi connectivity index (χ2v) is 6.56. The topological polar surface area (TPSA) is 96.9 Å². The molecule has 2 N–H and O–H groups in total. The highest BCUT2D eigenvalue weighted by molar-refractivity contribution is 5.79. The van der Waals surface area contributed by atoms with Gasteiger partial charge in [-0.1, -0.05) is 30.3 Å². The Bertz CT molecular complexity index is 1280. The van der Waals surface area contributed by atoms with Gasteiger partial charge in [0.1, 0.15) is 0 Å². The Morgan fingerprint density at radius 1 is 0.966 bits per heavy atom. The Hall–Kier alpha value is -4.00. The molecule has 144 valence electrons. The lowest BCUT2D eigenvalue weighted by molar-refractivity contribution is -0.120. The van der Waals surface area contributed by atoms with Crippen LogP contribution in [-0.2, 0) is 17.8 Å². The number of carbonyl (C=O) groups is 1. The van der Waals surface area contributed by atoms with Crippen LogP contribution in [0.5, 0.6) is 0 Å². The fraction of sp³-hybridized carbons (Fsp3) is 0.0909. The van der Waals surface area contributed by atoms with Crippen LogP contribution in [0.2, 0.25) is 0 Å². The fourth-order valence-electron chi connectivity index (χ4n) is 3.10. The van der Waals surface area contributed by atoms with E-state index in [1.807, 2.05) is 18.2 Å². The Morgan fingerprint density at radius 2 is 1.72 bits per heavy atom. The van der Waals surface area contributed by atoms with Crippen molar-refractivity contribution in [2.75, 3.05) is 0 Å². The summed E-state index contributed by atoms with van der Waals surface area (Å²) in [6.45, 7) is 0.361. The minimum absolute atomic E-state index is 0.135. The largest absolute Gasteiger partial charge is 0.350 e. The summed E-state index contributed by atoms with van der Waals surface area (Å²) in [7, 11) is 0. The fourth-order valence-corrected chi connectivity index (χ4v) is 3.10. The van der Waals surface area contributed by atoms with E-state index in [1.54, 1.807) is 54.7 Å². The number of nitrogens with zero attached hydrogens (tertiary/aromatic N) is 2. The van der Waals surface area contributed by atoms with Crippen LogP contribution >= 0.6 is 0 Å². The summed E-state index contributed by atoms with van der Waals surface area (Å²) in [5.74, 6) is -0.135. The van der Waals surface area contributed by atoms with Crippen molar-refractivity contribution in [3.8, 4) is 5.69 Å². The molecule has 4 aromatic rings. The summed E-state index contributed by atoms with van der Waals surface area (Å²) in [5.41, 5.74) is 1.61. The smallest absolute Gasteiger partial charge is 0.333 e. The molecule has 0 saturated heterocycles. The first kappa shape index (κ1) is 18.4. The third-order valence-electron chi connectivity index (χ3n) is 4.56. The second kappa shape index (κ2) is 7.93. The normalized spacial score (nSPS) is 10.8. The molecule has 0 aliphatic heterocycles. The van der Waals surface area contributed by atoms with Crippen molar-refractivity contribution >= 4 is 16.8 Å². The predicted octanol–water partition coefficient (Wildman–Crippen LogP) is 1.93. The highest BCUT2D eigenvalue weighted by Crippen LogP contribution is 2.09. The maximum absolute atomic E-state index is 12.7. The number of carbonyl (C=O) groups excluding carboxylic acids is 1. The number of amides is 1. The van der Waals surface area contributed by atoms with Gasteiger partial charge < -0.3 is 10.3 Å². The number of benzene rings is 2. The van der Waals surface area contributed by atoms with E-state index in [9.17, 15) is 14.4 Å². The van der Waals surface area contributed by atoms with Crippen molar-refractivity contribution in [3.05, 3.63) is 105 Å². The van der Waals surface area contributed by atoms with Crippen molar-refractivity contribution in [1.82, 2.24) is 19.9 Å². The zero-order chi connectivity index (χ0) is 20.2. The Balaban J connectivity index is 1.51. The lowest BCUT2D eigenvalue weighted by atomic mass is 10.1. The lowest BCUT2D eigenvalue weighted by Gasteiger charge is -2.08. The second-order valence-electron chi connectivity index (χ2n) is 6.56. The zero-order valence-electron chi connectivity index (χ0n) is 15.5. The predicted molar refractivity (Wildman–Crippen MR) is 110 cm³/mol. The molecule has 0 unspecified atom stereocenters. The monoisotopic (exact) mass is 386 g/mol. The van der Waals surface area contributed by atoms with Crippen LogP contribution in [0.25, 0.3) is 16.6 Å². The molecule has 0 spiro atoms. The number of fused-ring (bicyclic) bond motifs is 1. The van der Waals surface area contributed by atoms with E-state index < -0.39 is 5.69 Å². The average Bonchev–Trinajstić information content (AvgIpc) is 2.74. The number of hydrogen-bond donors (Lipinski definition) is 2. The van der Waals surface area contributed by atoms with Crippen molar-refractivity contribution in [2.24, 2.45) is 0 Å². The third kappa shape index (κ3) is 3.98. The number of pyridine rings is 1. The van der Waals surface area contributed by atoms with Crippen LogP contribution in [0, 0.1) is 0 Å². The van der Waals surface area contributed by atoms with Gasteiger partial charge in [-0.3, -0.25) is 14.6 Å². The Kier molecular flexibility index (Phi) is 5.03.